The van der Waals surface area contributed by atoms with Crippen molar-refractivity contribution in [1.29, 1.82) is 0 Å². The van der Waals surface area contributed by atoms with Gasteiger partial charge in [0.15, 0.2) is 0 Å². The molecule has 1 aliphatic rings. The van der Waals surface area contributed by atoms with Crippen molar-refractivity contribution in [1.82, 2.24) is 16.0 Å². The number of carbonyl (C=O) groups is 3. The summed E-state index contributed by atoms with van der Waals surface area (Å²) in [6.45, 7) is 0.734. The summed E-state index contributed by atoms with van der Waals surface area (Å²) in [4.78, 5) is 33.6. The van der Waals surface area contributed by atoms with Crippen LogP contribution in [0, 0.1) is 0 Å². The molecular formula is C13H17N4NaO3. The molecule has 8 heteroatoms. The summed E-state index contributed by atoms with van der Waals surface area (Å²) in [5.74, 6) is -0.390. The predicted molar refractivity (Wildman–Crippen MR) is 78.7 cm³/mol. The molecule has 0 aromatic heterocycles. The molecule has 0 radical (unpaired) electrons. The number of carbonyl (C=O) groups excluding carboxylic acids is 3. The minimum atomic E-state index is -0.615. The fourth-order valence-corrected chi connectivity index (χ4v) is 1.91. The van der Waals surface area contributed by atoms with Crippen LogP contribution >= 0.6 is 0 Å². The number of nitrogens with two attached hydrogens (primary N) is 1. The molecule has 0 aliphatic carbocycles. The Bertz CT molecular complexity index is 550. The van der Waals surface area contributed by atoms with Crippen LogP contribution in [0.15, 0.2) is 24.3 Å². The van der Waals surface area contributed by atoms with E-state index in [0.717, 1.165) is 11.1 Å². The second kappa shape index (κ2) is 8.02. The number of rotatable bonds is 5. The third-order valence-corrected chi connectivity index (χ3v) is 3.05. The first kappa shape index (κ1) is 17.5. The summed E-state index contributed by atoms with van der Waals surface area (Å²) >= 11 is 0. The van der Waals surface area contributed by atoms with Crippen LogP contribution in [-0.2, 0) is 22.6 Å². The Morgan fingerprint density at radius 1 is 1.29 bits per heavy atom. The first-order valence-corrected chi connectivity index (χ1v) is 6.23. The van der Waals surface area contributed by atoms with Gasteiger partial charge in [0.25, 0.3) is 0 Å². The Kier molecular flexibility index (Phi) is 6.67. The van der Waals surface area contributed by atoms with Gasteiger partial charge in [0.05, 0.1) is 6.42 Å². The Hall–Kier alpha value is -1.57. The molecule has 5 N–H and O–H groups in total. The molecule has 1 fully saturated rings. The standard InChI is InChI=1S/C13H16N4O3.Na.H/c14-13(20)16-6-9-4-2-1-3-8(9)5-11(18)17-10-7-15-12(10)19;;/h1-4,10H,5-7H2,(H,15,19)(H,17,18)(H3,14,16,20);;. The van der Waals surface area contributed by atoms with Crippen molar-refractivity contribution in [2.24, 2.45) is 5.73 Å². The average molecular weight is 300 g/mol. The molecule has 1 atom stereocenters. The molecule has 21 heavy (non-hydrogen) atoms. The molecule has 2 rings (SSSR count). The van der Waals surface area contributed by atoms with Crippen LogP contribution in [0.5, 0.6) is 0 Å². The summed E-state index contributed by atoms with van der Waals surface area (Å²) < 4.78 is 0. The zero-order chi connectivity index (χ0) is 14.5. The van der Waals surface area contributed by atoms with Crippen molar-refractivity contribution in [3.8, 4) is 0 Å². The quantitative estimate of drug-likeness (QED) is 0.386. The van der Waals surface area contributed by atoms with Gasteiger partial charge < -0.3 is 21.7 Å². The van der Waals surface area contributed by atoms with E-state index in [1.54, 1.807) is 6.07 Å². The second-order valence-corrected chi connectivity index (χ2v) is 4.53. The van der Waals surface area contributed by atoms with Crippen molar-refractivity contribution >= 4 is 47.4 Å². The molecule has 1 saturated heterocycles. The molecule has 1 unspecified atom stereocenters. The van der Waals surface area contributed by atoms with E-state index in [0.29, 0.717) is 6.54 Å². The van der Waals surface area contributed by atoms with Gasteiger partial charge in [0.2, 0.25) is 11.8 Å². The van der Waals surface area contributed by atoms with E-state index in [1.165, 1.54) is 0 Å². The molecular weight excluding hydrogens is 283 g/mol. The minimum absolute atomic E-state index is 0. The third kappa shape index (κ3) is 5.04. The molecule has 1 aromatic rings. The zero-order valence-corrected chi connectivity index (χ0v) is 10.8. The number of hydrogen-bond acceptors (Lipinski definition) is 3. The molecule has 1 aliphatic heterocycles. The second-order valence-electron chi connectivity index (χ2n) is 4.53. The number of β-lactam (4-membered cyclic amide) rings is 1. The van der Waals surface area contributed by atoms with Crippen molar-refractivity contribution < 1.29 is 14.4 Å². The molecule has 0 saturated carbocycles. The number of urea groups is 1. The van der Waals surface area contributed by atoms with Crippen LogP contribution in [0.25, 0.3) is 0 Å². The van der Waals surface area contributed by atoms with E-state index < -0.39 is 12.1 Å². The normalized spacial score (nSPS) is 16.0. The Morgan fingerprint density at radius 2 is 1.95 bits per heavy atom. The van der Waals surface area contributed by atoms with E-state index in [4.69, 9.17) is 5.73 Å². The van der Waals surface area contributed by atoms with Crippen LogP contribution in [0.4, 0.5) is 4.79 Å². The maximum atomic E-state index is 11.8. The SMILES string of the molecule is NC(=O)NCc1ccccc1CC(=O)NC1CNC1=O.[NaH]. The Balaban J connectivity index is 0.00000220. The summed E-state index contributed by atoms with van der Waals surface area (Å²) in [6, 6.07) is 6.20. The van der Waals surface area contributed by atoms with Crippen LogP contribution < -0.4 is 21.7 Å². The van der Waals surface area contributed by atoms with Gasteiger partial charge in [-0.2, -0.15) is 0 Å². The van der Waals surface area contributed by atoms with Crippen LogP contribution in [0.3, 0.4) is 0 Å². The summed E-state index contributed by atoms with van der Waals surface area (Å²) in [5, 5.41) is 7.69. The Labute approximate surface area is 144 Å². The van der Waals surface area contributed by atoms with Crippen molar-refractivity contribution in [3.63, 3.8) is 0 Å². The molecule has 1 heterocycles. The van der Waals surface area contributed by atoms with Crippen molar-refractivity contribution in [2.45, 2.75) is 19.0 Å². The van der Waals surface area contributed by atoms with Gasteiger partial charge in [-0.05, 0) is 11.1 Å². The third-order valence-electron chi connectivity index (χ3n) is 3.05. The monoisotopic (exact) mass is 300 g/mol. The first-order valence-electron chi connectivity index (χ1n) is 6.23. The van der Waals surface area contributed by atoms with Gasteiger partial charge in [-0.25, -0.2) is 4.79 Å². The van der Waals surface area contributed by atoms with E-state index in [1.807, 2.05) is 18.2 Å². The average Bonchev–Trinajstić information content (AvgIpc) is 2.42. The summed E-state index contributed by atoms with van der Waals surface area (Å²) in [6.07, 6.45) is 0.153. The summed E-state index contributed by atoms with van der Waals surface area (Å²) in [5.41, 5.74) is 6.63. The molecule has 108 valence electrons. The fraction of sp³-hybridized carbons (Fsp3) is 0.308. The van der Waals surface area contributed by atoms with Gasteiger partial charge in [-0.3, -0.25) is 9.59 Å². The maximum absolute atomic E-state index is 11.8. The van der Waals surface area contributed by atoms with Crippen molar-refractivity contribution in [2.75, 3.05) is 6.54 Å². The van der Waals surface area contributed by atoms with E-state index in [2.05, 4.69) is 16.0 Å². The fourth-order valence-electron chi connectivity index (χ4n) is 1.91. The van der Waals surface area contributed by atoms with E-state index >= 15 is 0 Å². The zero-order valence-electron chi connectivity index (χ0n) is 10.8. The molecule has 1 aromatic carbocycles. The van der Waals surface area contributed by atoms with Crippen LogP contribution in [-0.4, -0.2) is 60.0 Å². The molecule has 4 amide bonds. The van der Waals surface area contributed by atoms with E-state index in [-0.39, 0.29) is 54.3 Å². The van der Waals surface area contributed by atoms with Gasteiger partial charge in [0, 0.05) is 13.1 Å². The number of nitrogens with one attached hydrogen (secondary N) is 3. The summed E-state index contributed by atoms with van der Waals surface area (Å²) in [7, 11) is 0. The topological polar surface area (TPSA) is 113 Å². The molecule has 0 spiro atoms. The first-order chi connectivity index (χ1) is 9.56. The number of primary amides is 1. The van der Waals surface area contributed by atoms with Crippen molar-refractivity contribution in [3.05, 3.63) is 35.4 Å². The van der Waals surface area contributed by atoms with Crippen LogP contribution in [0.2, 0.25) is 0 Å². The Morgan fingerprint density at radius 3 is 2.48 bits per heavy atom. The van der Waals surface area contributed by atoms with Gasteiger partial charge in [-0.1, -0.05) is 24.3 Å². The van der Waals surface area contributed by atoms with Gasteiger partial charge >= 0.3 is 35.6 Å². The molecule has 0 bridgehead atoms. The number of amides is 4. The van der Waals surface area contributed by atoms with E-state index in [9.17, 15) is 14.4 Å². The number of hydrogen-bond donors (Lipinski definition) is 4. The predicted octanol–water partition coefficient (Wildman–Crippen LogP) is -1.64. The van der Waals surface area contributed by atoms with Crippen LogP contribution in [0.1, 0.15) is 11.1 Å². The van der Waals surface area contributed by atoms with Gasteiger partial charge in [-0.15, -0.1) is 0 Å². The van der Waals surface area contributed by atoms with Gasteiger partial charge in [0.1, 0.15) is 6.04 Å². The molecule has 7 nitrogen and oxygen atoms in total. The number of benzene rings is 1.